The monoisotopic (exact) mass is 163 g/mol. The summed E-state index contributed by atoms with van der Waals surface area (Å²) in [5.41, 5.74) is 9.25. The largest absolute Gasteiger partial charge is 0.399 e. The third-order valence-electron chi connectivity index (χ3n) is 2.16. The van der Waals surface area contributed by atoms with Crippen LogP contribution in [0.25, 0.3) is 0 Å². The molecule has 0 radical (unpaired) electrons. The van der Waals surface area contributed by atoms with Gasteiger partial charge in [0.1, 0.15) is 0 Å². The van der Waals surface area contributed by atoms with E-state index in [2.05, 4.69) is 25.1 Å². The molecule has 0 aliphatic rings. The molecule has 0 atom stereocenters. The molecule has 0 spiro atoms. The van der Waals surface area contributed by atoms with Crippen molar-refractivity contribution in [3.63, 3.8) is 0 Å². The van der Waals surface area contributed by atoms with Gasteiger partial charge in [-0.05, 0) is 37.0 Å². The fourth-order valence-corrected chi connectivity index (χ4v) is 1.23. The van der Waals surface area contributed by atoms with Crippen LogP contribution in [0.2, 0.25) is 0 Å². The Morgan fingerprint density at radius 1 is 1.33 bits per heavy atom. The minimum absolute atomic E-state index is 0.920. The maximum Gasteiger partial charge on any atom is 0.0346 e. The average molecular weight is 163 g/mol. The molecule has 0 unspecified atom stereocenters. The molecule has 0 saturated heterocycles. The first-order valence-electron chi connectivity index (χ1n) is 4.59. The van der Waals surface area contributed by atoms with Gasteiger partial charge in [0, 0.05) is 5.69 Å². The summed E-state index contributed by atoms with van der Waals surface area (Å²) in [5.74, 6) is 0. The number of hydrogen-bond acceptors (Lipinski definition) is 1. The van der Waals surface area contributed by atoms with Crippen LogP contribution in [0.4, 0.5) is 5.69 Å². The highest BCUT2D eigenvalue weighted by Crippen LogP contribution is 2.14. The predicted molar refractivity (Wildman–Crippen MR) is 54.2 cm³/mol. The number of rotatable bonds is 3. The Balaban J connectivity index is 2.69. The van der Waals surface area contributed by atoms with E-state index in [1.807, 2.05) is 6.92 Å². The number of nitrogen functional groups attached to an aromatic ring is 1. The van der Waals surface area contributed by atoms with Gasteiger partial charge in [-0.2, -0.15) is 0 Å². The van der Waals surface area contributed by atoms with Gasteiger partial charge in [0.25, 0.3) is 0 Å². The summed E-state index contributed by atoms with van der Waals surface area (Å²) in [6.07, 6.45) is 3.65. The lowest BCUT2D eigenvalue weighted by Gasteiger charge is -2.03. The van der Waals surface area contributed by atoms with Crippen molar-refractivity contribution in [2.24, 2.45) is 0 Å². The van der Waals surface area contributed by atoms with Crippen LogP contribution in [0.5, 0.6) is 0 Å². The second-order valence-electron chi connectivity index (χ2n) is 3.29. The smallest absolute Gasteiger partial charge is 0.0346 e. The molecule has 0 saturated carbocycles. The molecule has 2 N–H and O–H groups in total. The van der Waals surface area contributed by atoms with Gasteiger partial charge in [-0.25, -0.2) is 0 Å². The van der Waals surface area contributed by atoms with E-state index in [1.54, 1.807) is 0 Å². The summed E-state index contributed by atoms with van der Waals surface area (Å²) >= 11 is 0. The fourth-order valence-electron chi connectivity index (χ4n) is 1.23. The van der Waals surface area contributed by atoms with Crippen LogP contribution in [0.15, 0.2) is 18.2 Å². The minimum Gasteiger partial charge on any atom is -0.399 e. The third-order valence-corrected chi connectivity index (χ3v) is 2.16. The van der Waals surface area contributed by atoms with Gasteiger partial charge in [0.15, 0.2) is 0 Å². The number of unbranched alkanes of at least 4 members (excludes halogenated alkanes) is 1. The Labute approximate surface area is 74.6 Å². The van der Waals surface area contributed by atoms with Crippen molar-refractivity contribution < 1.29 is 0 Å². The van der Waals surface area contributed by atoms with Crippen LogP contribution in [-0.4, -0.2) is 0 Å². The van der Waals surface area contributed by atoms with Crippen molar-refractivity contribution in [3.8, 4) is 0 Å². The molecule has 0 amide bonds. The number of hydrogen-bond donors (Lipinski definition) is 1. The SMILES string of the molecule is CCCCc1ccc(C)c(N)c1. The predicted octanol–water partition coefficient (Wildman–Crippen LogP) is 2.92. The maximum absolute atomic E-state index is 5.79. The lowest BCUT2D eigenvalue weighted by atomic mass is 10.1. The maximum atomic E-state index is 5.79. The molecule has 1 heteroatoms. The van der Waals surface area contributed by atoms with Crippen LogP contribution in [0, 0.1) is 6.92 Å². The lowest BCUT2D eigenvalue weighted by Crippen LogP contribution is -1.92. The average Bonchev–Trinajstić information content (AvgIpc) is 2.07. The highest BCUT2D eigenvalue weighted by Gasteiger charge is 1.95. The summed E-state index contributed by atoms with van der Waals surface area (Å²) in [5, 5.41) is 0. The molecular weight excluding hydrogens is 146 g/mol. The van der Waals surface area contributed by atoms with E-state index in [1.165, 1.54) is 24.0 Å². The van der Waals surface area contributed by atoms with E-state index in [0.29, 0.717) is 0 Å². The van der Waals surface area contributed by atoms with Crippen molar-refractivity contribution in [1.29, 1.82) is 0 Å². The minimum atomic E-state index is 0.920. The van der Waals surface area contributed by atoms with Gasteiger partial charge in [-0.3, -0.25) is 0 Å². The second kappa shape index (κ2) is 4.15. The van der Waals surface area contributed by atoms with Crippen LogP contribution >= 0.6 is 0 Å². The summed E-state index contributed by atoms with van der Waals surface area (Å²) < 4.78 is 0. The summed E-state index contributed by atoms with van der Waals surface area (Å²) in [7, 11) is 0. The molecule has 66 valence electrons. The summed E-state index contributed by atoms with van der Waals surface area (Å²) in [4.78, 5) is 0. The third kappa shape index (κ3) is 2.26. The van der Waals surface area contributed by atoms with E-state index in [-0.39, 0.29) is 0 Å². The molecule has 0 bridgehead atoms. The quantitative estimate of drug-likeness (QED) is 0.681. The Hall–Kier alpha value is -0.980. The van der Waals surface area contributed by atoms with Crippen LogP contribution in [0.3, 0.4) is 0 Å². The van der Waals surface area contributed by atoms with Gasteiger partial charge >= 0.3 is 0 Å². The molecule has 0 heterocycles. The van der Waals surface area contributed by atoms with E-state index in [9.17, 15) is 0 Å². The van der Waals surface area contributed by atoms with Gasteiger partial charge in [0.2, 0.25) is 0 Å². The number of aryl methyl sites for hydroxylation is 2. The molecule has 0 aromatic heterocycles. The second-order valence-corrected chi connectivity index (χ2v) is 3.29. The Bertz CT molecular complexity index is 253. The first kappa shape index (κ1) is 9.11. The number of nitrogens with two attached hydrogens (primary N) is 1. The molecule has 1 nitrogen and oxygen atoms in total. The summed E-state index contributed by atoms with van der Waals surface area (Å²) in [6.45, 7) is 4.25. The summed E-state index contributed by atoms with van der Waals surface area (Å²) in [6, 6.07) is 6.35. The molecule has 0 aliphatic heterocycles. The topological polar surface area (TPSA) is 26.0 Å². The van der Waals surface area contributed by atoms with Crippen molar-refractivity contribution in [1.82, 2.24) is 0 Å². The lowest BCUT2D eigenvalue weighted by molar-refractivity contribution is 0.795. The van der Waals surface area contributed by atoms with Crippen molar-refractivity contribution in [3.05, 3.63) is 29.3 Å². The van der Waals surface area contributed by atoms with Crippen LogP contribution in [0.1, 0.15) is 30.9 Å². The molecule has 12 heavy (non-hydrogen) atoms. The Morgan fingerprint density at radius 2 is 2.08 bits per heavy atom. The molecular formula is C11H17N. The Kier molecular flexibility index (Phi) is 3.15. The van der Waals surface area contributed by atoms with Crippen LogP contribution in [-0.2, 0) is 6.42 Å². The first-order chi connectivity index (χ1) is 5.74. The van der Waals surface area contributed by atoms with Crippen LogP contribution < -0.4 is 5.73 Å². The zero-order valence-electron chi connectivity index (χ0n) is 7.93. The van der Waals surface area contributed by atoms with E-state index < -0.39 is 0 Å². The standard InChI is InChI=1S/C11H17N/c1-3-4-5-10-7-6-9(2)11(12)8-10/h6-8H,3-5,12H2,1-2H3. The Morgan fingerprint density at radius 3 is 2.67 bits per heavy atom. The zero-order valence-corrected chi connectivity index (χ0v) is 7.93. The van der Waals surface area contributed by atoms with Crippen molar-refractivity contribution in [2.45, 2.75) is 33.1 Å². The van der Waals surface area contributed by atoms with Gasteiger partial charge in [-0.1, -0.05) is 25.5 Å². The number of benzene rings is 1. The highest BCUT2D eigenvalue weighted by molar-refractivity contribution is 5.48. The normalized spacial score (nSPS) is 10.2. The van der Waals surface area contributed by atoms with Gasteiger partial charge < -0.3 is 5.73 Å². The molecule has 0 aliphatic carbocycles. The molecule has 0 fully saturated rings. The zero-order chi connectivity index (χ0) is 8.97. The molecule has 1 aromatic carbocycles. The van der Waals surface area contributed by atoms with E-state index in [4.69, 9.17) is 5.73 Å². The van der Waals surface area contributed by atoms with Crippen molar-refractivity contribution in [2.75, 3.05) is 5.73 Å². The van der Waals surface area contributed by atoms with E-state index in [0.717, 1.165) is 12.1 Å². The first-order valence-corrected chi connectivity index (χ1v) is 4.59. The molecule has 1 aromatic rings. The fraction of sp³-hybridized carbons (Fsp3) is 0.455. The van der Waals surface area contributed by atoms with Gasteiger partial charge in [0.05, 0.1) is 0 Å². The van der Waals surface area contributed by atoms with E-state index >= 15 is 0 Å². The highest BCUT2D eigenvalue weighted by atomic mass is 14.5. The van der Waals surface area contributed by atoms with Crippen molar-refractivity contribution >= 4 is 5.69 Å². The van der Waals surface area contributed by atoms with Gasteiger partial charge in [-0.15, -0.1) is 0 Å². The molecule has 1 rings (SSSR count). The number of anilines is 1.